The standard InChI is InChI=1S/C18H15N3O6/c1-27-18(26)13-6-8-14(9-7-13)20-15(22)16(23)21-19-10-11-2-4-12(5-3-11)17(24)25/h2-10H,1H3,(H,20,22)(H,21,23)(H,24,25)/b19-10+. The first-order valence-corrected chi connectivity index (χ1v) is 7.57. The number of ether oxygens (including phenoxy) is 1. The highest BCUT2D eigenvalue weighted by Crippen LogP contribution is 2.10. The molecule has 27 heavy (non-hydrogen) atoms. The first-order chi connectivity index (χ1) is 12.9. The number of hydrogen-bond acceptors (Lipinski definition) is 6. The fourth-order valence-corrected chi connectivity index (χ4v) is 1.92. The van der Waals surface area contributed by atoms with Gasteiger partial charge in [-0.25, -0.2) is 15.0 Å². The summed E-state index contributed by atoms with van der Waals surface area (Å²) in [6.45, 7) is 0. The molecule has 2 aromatic rings. The molecule has 0 fully saturated rings. The van der Waals surface area contributed by atoms with Crippen molar-refractivity contribution in [3.8, 4) is 0 Å². The summed E-state index contributed by atoms with van der Waals surface area (Å²) in [5.41, 5.74) is 3.34. The third-order valence-electron chi connectivity index (χ3n) is 3.31. The van der Waals surface area contributed by atoms with Gasteiger partial charge in [-0.2, -0.15) is 5.10 Å². The van der Waals surface area contributed by atoms with Gasteiger partial charge in [0.1, 0.15) is 0 Å². The average molecular weight is 369 g/mol. The number of methoxy groups -OCH3 is 1. The Labute approximate surface area is 153 Å². The summed E-state index contributed by atoms with van der Waals surface area (Å²) in [5, 5.41) is 14.8. The number of carboxylic acid groups (broad SMARTS) is 1. The number of benzene rings is 2. The van der Waals surface area contributed by atoms with Crippen LogP contribution in [0.25, 0.3) is 0 Å². The molecule has 0 spiro atoms. The lowest BCUT2D eigenvalue weighted by Gasteiger charge is -2.05. The van der Waals surface area contributed by atoms with Gasteiger partial charge in [0.15, 0.2) is 0 Å². The summed E-state index contributed by atoms with van der Waals surface area (Å²) in [4.78, 5) is 45.6. The maximum absolute atomic E-state index is 11.8. The first-order valence-electron chi connectivity index (χ1n) is 7.57. The van der Waals surface area contributed by atoms with Crippen LogP contribution >= 0.6 is 0 Å². The van der Waals surface area contributed by atoms with Gasteiger partial charge in [-0.05, 0) is 42.0 Å². The van der Waals surface area contributed by atoms with Gasteiger partial charge < -0.3 is 15.2 Å². The number of anilines is 1. The Hall–Kier alpha value is -4.01. The molecule has 0 aromatic heterocycles. The van der Waals surface area contributed by atoms with E-state index in [0.717, 1.165) is 0 Å². The summed E-state index contributed by atoms with van der Waals surface area (Å²) < 4.78 is 4.56. The number of esters is 1. The van der Waals surface area contributed by atoms with E-state index < -0.39 is 23.8 Å². The largest absolute Gasteiger partial charge is 0.478 e. The molecule has 9 heteroatoms. The maximum atomic E-state index is 11.8. The minimum absolute atomic E-state index is 0.119. The highest BCUT2D eigenvalue weighted by molar-refractivity contribution is 6.39. The van der Waals surface area contributed by atoms with Gasteiger partial charge in [0, 0.05) is 5.69 Å². The highest BCUT2D eigenvalue weighted by atomic mass is 16.5. The molecule has 138 valence electrons. The van der Waals surface area contributed by atoms with E-state index in [1.54, 1.807) is 0 Å². The van der Waals surface area contributed by atoms with Gasteiger partial charge in [-0.15, -0.1) is 0 Å². The number of carbonyl (C=O) groups is 4. The third kappa shape index (κ3) is 5.49. The SMILES string of the molecule is COC(=O)c1ccc(NC(=O)C(=O)N/N=C/c2ccc(C(=O)O)cc2)cc1. The summed E-state index contributed by atoms with van der Waals surface area (Å²) in [5.74, 6) is -3.51. The minimum Gasteiger partial charge on any atom is -0.478 e. The Balaban J connectivity index is 1.88. The molecular weight excluding hydrogens is 354 g/mol. The molecule has 0 atom stereocenters. The average Bonchev–Trinajstić information content (AvgIpc) is 2.68. The van der Waals surface area contributed by atoms with E-state index in [1.165, 1.54) is 61.9 Å². The summed E-state index contributed by atoms with van der Waals surface area (Å²) in [6, 6.07) is 11.6. The van der Waals surface area contributed by atoms with E-state index in [0.29, 0.717) is 16.8 Å². The Morgan fingerprint density at radius 2 is 1.52 bits per heavy atom. The van der Waals surface area contributed by atoms with Crippen molar-refractivity contribution in [1.29, 1.82) is 0 Å². The monoisotopic (exact) mass is 369 g/mol. The number of hydrazone groups is 1. The highest BCUT2D eigenvalue weighted by Gasteiger charge is 2.13. The molecule has 2 aromatic carbocycles. The van der Waals surface area contributed by atoms with Crippen LogP contribution in [-0.2, 0) is 14.3 Å². The molecule has 3 N–H and O–H groups in total. The van der Waals surface area contributed by atoms with Crippen molar-refractivity contribution in [2.45, 2.75) is 0 Å². The van der Waals surface area contributed by atoms with Crippen molar-refractivity contribution in [2.24, 2.45) is 5.10 Å². The van der Waals surface area contributed by atoms with Crippen LogP contribution in [0.15, 0.2) is 53.6 Å². The van der Waals surface area contributed by atoms with E-state index in [1.807, 2.05) is 0 Å². The molecule has 0 bridgehead atoms. The summed E-state index contributed by atoms with van der Waals surface area (Å²) >= 11 is 0. The van der Waals surface area contributed by atoms with Gasteiger partial charge in [0.2, 0.25) is 0 Å². The number of carbonyl (C=O) groups excluding carboxylic acids is 3. The molecule has 2 amide bonds. The van der Waals surface area contributed by atoms with Crippen molar-refractivity contribution >= 4 is 35.7 Å². The van der Waals surface area contributed by atoms with E-state index in [-0.39, 0.29) is 5.56 Å². The van der Waals surface area contributed by atoms with Gasteiger partial charge in [-0.3, -0.25) is 9.59 Å². The predicted octanol–water partition coefficient (Wildman–Crippen LogP) is 1.26. The fraction of sp³-hybridized carbons (Fsp3) is 0.0556. The van der Waals surface area contributed by atoms with Crippen molar-refractivity contribution in [3.63, 3.8) is 0 Å². The second kappa shape index (κ2) is 8.90. The Morgan fingerprint density at radius 1 is 0.926 bits per heavy atom. The number of nitrogens with one attached hydrogen (secondary N) is 2. The molecular formula is C18H15N3O6. The van der Waals surface area contributed by atoms with E-state index >= 15 is 0 Å². The molecule has 2 rings (SSSR count). The number of hydrogen-bond donors (Lipinski definition) is 3. The zero-order chi connectivity index (χ0) is 19.8. The number of rotatable bonds is 5. The zero-order valence-electron chi connectivity index (χ0n) is 14.1. The molecule has 0 aliphatic heterocycles. The quantitative estimate of drug-likeness (QED) is 0.314. The van der Waals surface area contributed by atoms with Crippen LogP contribution < -0.4 is 10.7 Å². The van der Waals surface area contributed by atoms with Crippen LogP contribution in [0.4, 0.5) is 5.69 Å². The van der Waals surface area contributed by atoms with Crippen molar-refractivity contribution in [3.05, 3.63) is 65.2 Å². The van der Waals surface area contributed by atoms with Crippen molar-refractivity contribution in [1.82, 2.24) is 5.43 Å². The van der Waals surface area contributed by atoms with Crippen LogP contribution in [-0.4, -0.2) is 42.2 Å². The van der Waals surface area contributed by atoms with E-state index in [2.05, 4.69) is 20.6 Å². The smallest absolute Gasteiger partial charge is 0.337 e. The predicted molar refractivity (Wildman–Crippen MR) is 95.5 cm³/mol. The lowest BCUT2D eigenvalue weighted by Crippen LogP contribution is -2.32. The topological polar surface area (TPSA) is 134 Å². The van der Waals surface area contributed by atoms with Gasteiger partial charge in [-0.1, -0.05) is 12.1 Å². The van der Waals surface area contributed by atoms with Crippen LogP contribution in [0.5, 0.6) is 0 Å². The number of carboxylic acids is 1. The summed E-state index contributed by atoms with van der Waals surface area (Å²) in [7, 11) is 1.25. The second-order valence-electron chi connectivity index (χ2n) is 5.15. The minimum atomic E-state index is -1.05. The second-order valence-corrected chi connectivity index (χ2v) is 5.15. The van der Waals surface area contributed by atoms with Crippen LogP contribution in [0.2, 0.25) is 0 Å². The van der Waals surface area contributed by atoms with Crippen molar-refractivity contribution in [2.75, 3.05) is 12.4 Å². The Kier molecular flexibility index (Phi) is 6.37. The Bertz CT molecular complexity index is 888. The molecule has 0 heterocycles. The number of aromatic carboxylic acids is 1. The van der Waals surface area contributed by atoms with Gasteiger partial charge >= 0.3 is 23.8 Å². The number of amides is 2. The van der Waals surface area contributed by atoms with Crippen LogP contribution in [0, 0.1) is 0 Å². The first kappa shape index (κ1) is 19.3. The normalized spacial score (nSPS) is 10.3. The number of nitrogens with zero attached hydrogens (tertiary/aromatic N) is 1. The maximum Gasteiger partial charge on any atom is 0.337 e. The molecule has 0 unspecified atom stereocenters. The lowest BCUT2D eigenvalue weighted by atomic mass is 10.1. The van der Waals surface area contributed by atoms with Crippen molar-refractivity contribution < 1.29 is 29.0 Å². The van der Waals surface area contributed by atoms with Gasteiger partial charge in [0.05, 0.1) is 24.5 Å². The van der Waals surface area contributed by atoms with Crippen LogP contribution in [0.1, 0.15) is 26.3 Å². The van der Waals surface area contributed by atoms with Gasteiger partial charge in [0.25, 0.3) is 0 Å². The molecule has 0 aliphatic carbocycles. The Morgan fingerprint density at radius 3 is 2.07 bits per heavy atom. The van der Waals surface area contributed by atoms with E-state index in [4.69, 9.17) is 5.11 Å². The molecule has 0 saturated carbocycles. The van der Waals surface area contributed by atoms with E-state index in [9.17, 15) is 19.2 Å². The zero-order valence-corrected chi connectivity index (χ0v) is 14.1. The van der Waals surface area contributed by atoms with Crippen LogP contribution in [0.3, 0.4) is 0 Å². The lowest BCUT2D eigenvalue weighted by molar-refractivity contribution is -0.136. The molecule has 0 saturated heterocycles. The fourth-order valence-electron chi connectivity index (χ4n) is 1.92. The third-order valence-corrected chi connectivity index (χ3v) is 3.31. The summed E-state index contributed by atoms with van der Waals surface area (Å²) in [6.07, 6.45) is 1.27. The molecule has 0 aliphatic rings. The molecule has 0 radical (unpaired) electrons. The molecule has 9 nitrogen and oxygen atoms in total.